The molecule has 6 aromatic rings. The van der Waals surface area contributed by atoms with Crippen LogP contribution in [0.1, 0.15) is 52.2 Å². The molecule has 0 saturated carbocycles. The average molecular weight is 969 g/mol. The Labute approximate surface area is 416 Å². The first-order valence-corrected chi connectivity index (χ1v) is 25.3. The van der Waals surface area contributed by atoms with E-state index < -0.39 is 61.4 Å². The molecule has 0 aliphatic carbocycles. The van der Waals surface area contributed by atoms with Crippen molar-refractivity contribution in [2.75, 3.05) is 26.1 Å². The smallest absolute Gasteiger partial charge is 0.186 e. The van der Waals surface area contributed by atoms with Gasteiger partial charge in [0.1, 0.15) is 54.3 Å². The Hall–Kier alpha value is -4.77. The van der Waals surface area contributed by atoms with Crippen molar-refractivity contribution in [1.82, 2.24) is 0 Å². The fraction of sp³-hybridized carbons (Fsp3) is 0.379. The Balaban J connectivity index is 0.911. The molecule has 1 unspecified atom stereocenters. The van der Waals surface area contributed by atoms with Crippen LogP contribution in [0.4, 0.5) is 0 Å². The molecule has 3 saturated heterocycles. The summed E-state index contributed by atoms with van der Waals surface area (Å²) in [6.07, 6.45) is -5.23. The van der Waals surface area contributed by atoms with Crippen molar-refractivity contribution < 1.29 is 52.1 Å². The highest BCUT2D eigenvalue weighted by Gasteiger charge is 2.52. The van der Waals surface area contributed by atoms with E-state index in [4.69, 9.17) is 52.1 Å². The molecule has 70 heavy (non-hydrogen) atoms. The largest absolute Gasteiger partial charge is 0.374 e. The minimum atomic E-state index is -0.706. The maximum atomic E-state index is 6.97. The minimum Gasteiger partial charge on any atom is -0.374 e. The molecule has 0 aromatic heterocycles. The predicted octanol–water partition coefficient (Wildman–Crippen LogP) is 10.4. The fourth-order valence-electron chi connectivity index (χ4n) is 9.12. The highest BCUT2D eigenvalue weighted by Crippen LogP contribution is 2.38. The molecular formula is C58H64O11S. The van der Waals surface area contributed by atoms with E-state index in [1.54, 1.807) is 18.9 Å². The van der Waals surface area contributed by atoms with Crippen LogP contribution in [-0.2, 0) is 91.7 Å². The second-order valence-corrected chi connectivity index (χ2v) is 19.0. The van der Waals surface area contributed by atoms with Gasteiger partial charge in [-0.25, -0.2) is 0 Å². The van der Waals surface area contributed by atoms with Gasteiger partial charge in [-0.2, -0.15) is 0 Å². The molecule has 12 heteroatoms. The number of ether oxygens (including phenoxy) is 11. The van der Waals surface area contributed by atoms with Crippen LogP contribution >= 0.6 is 11.8 Å². The minimum absolute atomic E-state index is 0.267. The van der Waals surface area contributed by atoms with Gasteiger partial charge < -0.3 is 52.1 Å². The van der Waals surface area contributed by atoms with Crippen LogP contribution in [0.15, 0.2) is 176 Å². The molecule has 11 nitrogen and oxygen atoms in total. The Bertz CT molecular complexity index is 2400. The van der Waals surface area contributed by atoms with Crippen molar-refractivity contribution in [2.45, 2.75) is 113 Å². The van der Waals surface area contributed by atoms with Gasteiger partial charge in [0.15, 0.2) is 12.6 Å². The highest BCUT2D eigenvalue weighted by atomic mass is 32.2. The number of fused-ring (bicyclic) bond motifs is 1. The van der Waals surface area contributed by atoms with E-state index in [9.17, 15) is 0 Å². The highest BCUT2D eigenvalue weighted by molar-refractivity contribution is 7.99. The quantitative estimate of drug-likeness (QED) is 0.0611. The summed E-state index contributed by atoms with van der Waals surface area (Å²) < 4.78 is 72.8. The lowest BCUT2D eigenvalue weighted by Gasteiger charge is -2.48. The van der Waals surface area contributed by atoms with Crippen LogP contribution in [0.3, 0.4) is 0 Å². The number of hydrogen-bond donors (Lipinski definition) is 0. The van der Waals surface area contributed by atoms with E-state index >= 15 is 0 Å². The van der Waals surface area contributed by atoms with Crippen molar-refractivity contribution in [1.29, 1.82) is 0 Å². The van der Waals surface area contributed by atoms with Crippen molar-refractivity contribution >= 4 is 11.8 Å². The fourth-order valence-corrected chi connectivity index (χ4v) is 10.1. The molecule has 3 heterocycles. The summed E-state index contributed by atoms with van der Waals surface area (Å²) in [6, 6.07) is 58.8. The summed E-state index contributed by atoms with van der Waals surface area (Å²) in [5.74, 6) is 0.827. The van der Waals surface area contributed by atoms with Gasteiger partial charge in [-0.05, 0) is 39.1 Å². The lowest BCUT2D eigenvalue weighted by Crippen LogP contribution is -2.63. The van der Waals surface area contributed by atoms with Gasteiger partial charge in [-0.1, -0.05) is 183 Å². The van der Waals surface area contributed by atoms with E-state index in [1.165, 1.54) is 0 Å². The Kier molecular flexibility index (Phi) is 18.7. The van der Waals surface area contributed by atoms with E-state index in [0.717, 1.165) is 44.7 Å². The zero-order valence-electron chi connectivity index (χ0n) is 39.9. The Morgan fingerprint density at radius 1 is 0.471 bits per heavy atom. The van der Waals surface area contributed by atoms with Crippen LogP contribution in [0.2, 0.25) is 0 Å². The topological polar surface area (TPSA) is 102 Å². The number of thioether (sulfide) groups is 1. The van der Waals surface area contributed by atoms with Gasteiger partial charge in [-0.15, -0.1) is 11.8 Å². The molecule has 11 atom stereocenters. The first-order valence-electron chi connectivity index (χ1n) is 24.3. The number of hydrogen-bond acceptors (Lipinski definition) is 12. The van der Waals surface area contributed by atoms with Gasteiger partial charge in [0, 0.05) is 12.7 Å². The third-order valence-electron chi connectivity index (χ3n) is 12.6. The van der Waals surface area contributed by atoms with Crippen LogP contribution in [0.5, 0.6) is 0 Å². The van der Waals surface area contributed by atoms with Crippen LogP contribution in [-0.4, -0.2) is 86.6 Å². The van der Waals surface area contributed by atoms with E-state index in [-0.39, 0.29) is 18.6 Å². The van der Waals surface area contributed by atoms with Gasteiger partial charge >= 0.3 is 0 Å². The summed E-state index contributed by atoms with van der Waals surface area (Å²) in [5, 5.41) is 0. The van der Waals surface area contributed by atoms with Crippen molar-refractivity contribution in [3.05, 3.63) is 215 Å². The zero-order chi connectivity index (χ0) is 47.7. The summed E-state index contributed by atoms with van der Waals surface area (Å²) >= 11 is 1.71. The number of benzene rings is 6. The van der Waals surface area contributed by atoms with Crippen LogP contribution < -0.4 is 0 Å². The predicted molar refractivity (Wildman–Crippen MR) is 267 cm³/mol. The third kappa shape index (κ3) is 13.6. The standard InChI is InChI=1S/C58H64O11S/c1-3-70-58-55(65-37-44-26-15-7-16-27-44)52(62-35-42-22-11-5-12-23-42)50(61-34-41-20-9-4-10-21-41)48(68-58)39-60-33-45-28-19-29-46(32-45)38-63-53-51-49(40-66-56(69-51)47-30-17-8-18-31-47)67-57(59-2)54(53)64-36-43-24-13-6-14-25-43/h4-32,48-58H,3,33-40H2,1-2H3/t48-,49-,50-,51-,52+,53+,54-,55-,56?,57+,58+/m1/s1. The lowest BCUT2D eigenvalue weighted by atomic mass is 9.97. The molecule has 0 amide bonds. The van der Waals surface area contributed by atoms with Gasteiger partial charge in [0.2, 0.25) is 0 Å². The molecule has 0 spiro atoms. The third-order valence-corrected chi connectivity index (χ3v) is 13.7. The normalized spacial score (nSPS) is 26.6. The summed E-state index contributed by atoms with van der Waals surface area (Å²) in [5.41, 5.74) is 6.77. The molecule has 0 N–H and O–H groups in total. The SMILES string of the molecule is CCS[C@@H]1O[C@H](COCc2cccc(CO[C@@H]3[C@@H](OCc4ccccc4)[C@@H](OC)O[C@@H]4COC(c5ccccc5)O[C@@H]34)c2)[C@@H](OCc2ccccc2)[C@H](OCc2ccccc2)[C@H]1OCc1ccccc1. The van der Waals surface area contributed by atoms with E-state index in [0.29, 0.717) is 39.6 Å². The first kappa shape index (κ1) is 50.2. The maximum absolute atomic E-state index is 6.97. The number of methoxy groups -OCH3 is 1. The second kappa shape index (κ2) is 26.1. The van der Waals surface area contributed by atoms with Crippen molar-refractivity contribution in [3.63, 3.8) is 0 Å². The Morgan fingerprint density at radius 2 is 0.943 bits per heavy atom. The van der Waals surface area contributed by atoms with Crippen LogP contribution in [0.25, 0.3) is 0 Å². The van der Waals surface area contributed by atoms with E-state index in [1.807, 2.05) is 121 Å². The lowest BCUT2D eigenvalue weighted by molar-refractivity contribution is -0.369. The summed E-state index contributed by atoms with van der Waals surface area (Å²) in [7, 11) is 1.62. The van der Waals surface area contributed by atoms with Gasteiger partial charge in [0.05, 0.1) is 52.9 Å². The molecular weight excluding hydrogens is 905 g/mol. The molecule has 3 fully saturated rings. The molecule has 9 rings (SSSR count). The molecule has 3 aliphatic rings. The average Bonchev–Trinajstić information content (AvgIpc) is 3.42. The molecule has 6 aromatic carbocycles. The first-order chi connectivity index (χ1) is 34.6. The summed E-state index contributed by atoms with van der Waals surface area (Å²) in [6.45, 7) is 4.85. The molecule has 368 valence electrons. The Morgan fingerprint density at radius 3 is 1.50 bits per heavy atom. The van der Waals surface area contributed by atoms with Gasteiger partial charge in [0.25, 0.3) is 0 Å². The van der Waals surface area contributed by atoms with E-state index in [2.05, 4.69) is 61.5 Å². The number of rotatable bonds is 23. The second-order valence-electron chi connectivity index (χ2n) is 17.6. The van der Waals surface area contributed by atoms with Crippen molar-refractivity contribution in [2.24, 2.45) is 0 Å². The molecule has 0 bridgehead atoms. The van der Waals surface area contributed by atoms with Gasteiger partial charge in [-0.3, -0.25) is 0 Å². The van der Waals surface area contributed by atoms with Crippen LogP contribution in [0, 0.1) is 0 Å². The molecule has 0 radical (unpaired) electrons. The summed E-state index contributed by atoms with van der Waals surface area (Å²) in [4.78, 5) is 0. The monoisotopic (exact) mass is 968 g/mol. The molecule has 3 aliphatic heterocycles. The maximum Gasteiger partial charge on any atom is 0.186 e. The van der Waals surface area contributed by atoms with Crippen molar-refractivity contribution in [3.8, 4) is 0 Å². The zero-order valence-corrected chi connectivity index (χ0v) is 40.7.